The molecule has 0 amide bonds. The molecule has 4 aromatic rings. The van der Waals surface area contributed by atoms with Crippen LogP contribution < -0.4 is 11.1 Å². The van der Waals surface area contributed by atoms with Crippen LogP contribution in [0.4, 0.5) is 14.5 Å². The predicted octanol–water partition coefficient (Wildman–Crippen LogP) is 8.25. The lowest BCUT2D eigenvalue weighted by Gasteiger charge is -2.14. The first-order valence-corrected chi connectivity index (χ1v) is 13.2. The van der Waals surface area contributed by atoms with Crippen LogP contribution in [0.15, 0.2) is 109 Å². The summed E-state index contributed by atoms with van der Waals surface area (Å²) in [6.07, 6.45) is 3.73. The summed E-state index contributed by atoms with van der Waals surface area (Å²) in [7, 11) is 1.75. The highest BCUT2D eigenvalue weighted by Gasteiger charge is 2.23. The first-order valence-electron chi connectivity index (χ1n) is 13.2. The van der Waals surface area contributed by atoms with Gasteiger partial charge in [0.2, 0.25) is 0 Å². The third-order valence-electron chi connectivity index (χ3n) is 6.84. The van der Waals surface area contributed by atoms with Gasteiger partial charge in [-0.05, 0) is 60.1 Å². The maximum atomic E-state index is 13.6. The number of aliphatic imine (C=N–C) groups is 1. The Morgan fingerprint density at radius 2 is 1.44 bits per heavy atom. The number of hydrogen-bond acceptors (Lipinski definition) is 2. The topological polar surface area (TPSA) is 50.4 Å². The number of amidine groups is 1. The minimum absolute atomic E-state index is 0.0842. The number of halogens is 2. The minimum Gasteiger partial charge on any atom is -0.398 e. The molecule has 0 heterocycles. The highest BCUT2D eigenvalue weighted by atomic mass is 19.3. The van der Waals surface area contributed by atoms with Crippen molar-refractivity contribution in [2.45, 2.75) is 38.5 Å². The molecule has 0 spiro atoms. The highest BCUT2D eigenvalue weighted by molar-refractivity contribution is 6.04. The Bertz CT molecular complexity index is 1430. The number of alkyl halides is 2. The molecule has 0 radical (unpaired) electrons. The highest BCUT2D eigenvalue weighted by Crippen LogP contribution is 2.28. The molecule has 3 N–H and O–H groups in total. The molecule has 3 nitrogen and oxygen atoms in total. The number of nitrogens with two attached hydrogens (primary N) is 1. The van der Waals surface area contributed by atoms with Crippen LogP contribution in [0.1, 0.15) is 47.6 Å². The Morgan fingerprint density at radius 3 is 2.05 bits per heavy atom. The molecule has 4 rings (SSSR count). The van der Waals surface area contributed by atoms with Gasteiger partial charge in [0.1, 0.15) is 5.84 Å². The quantitative estimate of drug-likeness (QED) is 0.0952. The van der Waals surface area contributed by atoms with Gasteiger partial charge in [0, 0.05) is 42.0 Å². The van der Waals surface area contributed by atoms with Crippen molar-refractivity contribution in [2.75, 3.05) is 12.8 Å². The lowest BCUT2D eigenvalue weighted by atomic mass is 9.98. The summed E-state index contributed by atoms with van der Waals surface area (Å²) in [5, 5.41) is 3.29. The van der Waals surface area contributed by atoms with Crippen molar-refractivity contribution in [2.24, 2.45) is 4.99 Å². The van der Waals surface area contributed by atoms with Gasteiger partial charge in [0.05, 0.1) is 0 Å². The molecular formula is C34H35F2N3. The molecule has 0 aliphatic heterocycles. The summed E-state index contributed by atoms with van der Waals surface area (Å²) in [5.74, 6) is -2.08. The standard InChI is InChI=1S/C34H35F2N3/c1-24(31-13-6-7-14-32(31)37)39-33(38-3)29-21-19-28(20-22-29)27-17-15-25(16-18-27)9-4-5-10-26-11-8-12-30(23-26)34(2,35)36/h6-8,11-23H,1,4-5,9-10,37H2,2-3H3,(H,38,39). The summed E-state index contributed by atoms with van der Waals surface area (Å²) in [4.78, 5) is 4.41. The lowest BCUT2D eigenvalue weighted by Crippen LogP contribution is -2.23. The molecule has 39 heavy (non-hydrogen) atoms. The number of rotatable bonds is 10. The molecule has 0 aromatic heterocycles. The van der Waals surface area contributed by atoms with Gasteiger partial charge < -0.3 is 11.1 Å². The maximum absolute atomic E-state index is 13.6. The molecule has 0 aliphatic carbocycles. The number of anilines is 1. The first-order chi connectivity index (χ1) is 18.7. The maximum Gasteiger partial charge on any atom is 0.270 e. The third kappa shape index (κ3) is 7.41. The SMILES string of the molecule is C=C(NC(=NC)c1ccc(-c2ccc(CCCCc3cccc(C(C)(F)F)c3)cc2)cc1)c1ccccc1N. The smallest absolute Gasteiger partial charge is 0.270 e. The van der Waals surface area contributed by atoms with Crippen LogP contribution in [0.5, 0.6) is 0 Å². The largest absolute Gasteiger partial charge is 0.398 e. The zero-order valence-electron chi connectivity index (χ0n) is 22.6. The summed E-state index contributed by atoms with van der Waals surface area (Å²) >= 11 is 0. The van der Waals surface area contributed by atoms with E-state index in [-0.39, 0.29) is 5.56 Å². The number of nitrogens with one attached hydrogen (secondary N) is 1. The zero-order valence-corrected chi connectivity index (χ0v) is 22.6. The van der Waals surface area contributed by atoms with Crippen LogP contribution >= 0.6 is 0 Å². The summed E-state index contributed by atoms with van der Waals surface area (Å²) in [6, 6.07) is 31.2. The summed E-state index contributed by atoms with van der Waals surface area (Å²) < 4.78 is 27.1. The fraction of sp³-hybridized carbons (Fsp3) is 0.206. The Balaban J connectivity index is 1.31. The van der Waals surface area contributed by atoms with Gasteiger partial charge in [-0.15, -0.1) is 0 Å². The average Bonchev–Trinajstić information content (AvgIpc) is 2.94. The van der Waals surface area contributed by atoms with Crippen molar-refractivity contribution in [3.05, 3.63) is 131 Å². The molecule has 5 heteroatoms. The van der Waals surface area contributed by atoms with Crippen molar-refractivity contribution < 1.29 is 8.78 Å². The van der Waals surface area contributed by atoms with E-state index in [1.165, 1.54) is 11.6 Å². The Hall–Kier alpha value is -4.25. The van der Waals surface area contributed by atoms with Crippen LogP contribution in [0, 0.1) is 0 Å². The number of nitrogen functional groups attached to an aromatic ring is 1. The van der Waals surface area contributed by atoms with E-state index in [0.717, 1.165) is 66.3 Å². The fourth-order valence-corrected chi connectivity index (χ4v) is 4.58. The molecule has 200 valence electrons. The second-order valence-electron chi connectivity index (χ2n) is 9.83. The molecule has 0 bridgehead atoms. The number of aryl methyl sites for hydroxylation is 2. The molecule has 0 saturated heterocycles. The molecule has 4 aromatic carbocycles. The fourth-order valence-electron chi connectivity index (χ4n) is 4.58. The number of nitrogens with zero attached hydrogens (tertiary/aromatic N) is 1. The second-order valence-corrected chi connectivity index (χ2v) is 9.83. The molecule has 0 fully saturated rings. The Labute approximate surface area is 230 Å². The normalized spacial score (nSPS) is 11.8. The third-order valence-corrected chi connectivity index (χ3v) is 6.84. The Morgan fingerprint density at radius 1 is 0.821 bits per heavy atom. The second kappa shape index (κ2) is 12.5. The van der Waals surface area contributed by atoms with Crippen LogP contribution in [0.3, 0.4) is 0 Å². The van der Waals surface area contributed by atoms with Gasteiger partial charge in [-0.2, -0.15) is 0 Å². The van der Waals surface area contributed by atoms with Crippen molar-refractivity contribution in [1.82, 2.24) is 5.32 Å². The molecule has 0 unspecified atom stereocenters. The van der Waals surface area contributed by atoms with E-state index in [0.29, 0.717) is 11.4 Å². The van der Waals surface area contributed by atoms with E-state index in [2.05, 4.69) is 53.3 Å². The van der Waals surface area contributed by atoms with Gasteiger partial charge >= 0.3 is 0 Å². The molecule has 0 aliphatic rings. The molecule has 0 atom stereocenters. The zero-order chi connectivity index (χ0) is 27.8. The van der Waals surface area contributed by atoms with E-state index in [1.807, 2.05) is 42.5 Å². The molecular weight excluding hydrogens is 488 g/mol. The van der Waals surface area contributed by atoms with Crippen LogP contribution in [0.25, 0.3) is 16.8 Å². The van der Waals surface area contributed by atoms with E-state index in [9.17, 15) is 8.78 Å². The van der Waals surface area contributed by atoms with Crippen molar-refractivity contribution in [3.8, 4) is 11.1 Å². The number of hydrogen-bond donors (Lipinski definition) is 2. The minimum atomic E-state index is -2.80. The van der Waals surface area contributed by atoms with Gasteiger partial charge in [-0.25, -0.2) is 8.78 Å². The average molecular weight is 524 g/mol. The summed E-state index contributed by atoms with van der Waals surface area (Å²) in [6.45, 7) is 5.07. The van der Waals surface area contributed by atoms with Crippen LogP contribution in [-0.4, -0.2) is 12.9 Å². The van der Waals surface area contributed by atoms with Crippen LogP contribution in [-0.2, 0) is 18.8 Å². The van der Waals surface area contributed by atoms with Gasteiger partial charge in [-0.3, -0.25) is 4.99 Å². The monoisotopic (exact) mass is 523 g/mol. The lowest BCUT2D eigenvalue weighted by molar-refractivity contribution is 0.0174. The van der Waals surface area contributed by atoms with Crippen molar-refractivity contribution in [1.29, 1.82) is 0 Å². The number of unbranched alkanes of at least 4 members (excludes halogenated alkanes) is 1. The van der Waals surface area contributed by atoms with Crippen LogP contribution in [0.2, 0.25) is 0 Å². The Kier molecular flexibility index (Phi) is 8.92. The number of para-hydroxylation sites is 1. The van der Waals surface area contributed by atoms with Crippen molar-refractivity contribution >= 4 is 17.2 Å². The number of benzene rings is 4. The predicted molar refractivity (Wildman–Crippen MR) is 160 cm³/mol. The first kappa shape index (κ1) is 27.8. The van der Waals surface area contributed by atoms with E-state index >= 15 is 0 Å². The van der Waals surface area contributed by atoms with Crippen molar-refractivity contribution in [3.63, 3.8) is 0 Å². The van der Waals surface area contributed by atoms with Gasteiger partial charge in [0.25, 0.3) is 5.92 Å². The van der Waals surface area contributed by atoms with E-state index in [1.54, 1.807) is 19.2 Å². The van der Waals surface area contributed by atoms with E-state index < -0.39 is 5.92 Å². The van der Waals surface area contributed by atoms with Gasteiger partial charge in [-0.1, -0.05) is 91.5 Å². The van der Waals surface area contributed by atoms with E-state index in [4.69, 9.17) is 5.73 Å². The summed E-state index contributed by atoms with van der Waals surface area (Å²) in [5.41, 5.74) is 13.9. The molecule has 0 saturated carbocycles. The van der Waals surface area contributed by atoms with Gasteiger partial charge in [0.15, 0.2) is 0 Å².